The minimum atomic E-state index is 0.205. The number of halogens is 1. The molecule has 0 unspecified atom stereocenters. The Hall–Kier alpha value is 0.690. The van der Waals surface area contributed by atoms with Crippen LogP contribution in [0.4, 0.5) is 0 Å². The van der Waals surface area contributed by atoms with Crippen LogP contribution in [0.15, 0.2) is 0 Å². The Morgan fingerprint density at radius 2 is 1.75 bits per heavy atom. The fraction of sp³-hybridized carbons (Fsp3) is 1.00. The van der Waals surface area contributed by atoms with Gasteiger partial charge in [0.05, 0.1) is 5.60 Å². The smallest absolute Gasteiger partial charge is 0.0771 e. The SMILES string of the molecule is CC(C)COC1(CI)CCC(C(C)C)CC1. The van der Waals surface area contributed by atoms with E-state index in [1.54, 1.807) is 0 Å². The summed E-state index contributed by atoms with van der Waals surface area (Å²) in [5.41, 5.74) is 0.205. The molecule has 1 aliphatic rings. The molecule has 0 heterocycles. The Morgan fingerprint density at radius 3 is 2.12 bits per heavy atom. The van der Waals surface area contributed by atoms with Gasteiger partial charge >= 0.3 is 0 Å². The lowest BCUT2D eigenvalue weighted by Gasteiger charge is -2.40. The van der Waals surface area contributed by atoms with Crippen molar-refractivity contribution < 1.29 is 4.74 Å². The van der Waals surface area contributed by atoms with E-state index in [0.717, 1.165) is 22.9 Å². The molecular weight excluding hydrogens is 311 g/mol. The predicted molar refractivity (Wildman–Crippen MR) is 79.2 cm³/mol. The first-order chi connectivity index (χ1) is 7.49. The van der Waals surface area contributed by atoms with Crippen LogP contribution in [0.25, 0.3) is 0 Å². The summed E-state index contributed by atoms with van der Waals surface area (Å²) in [5.74, 6) is 2.43. The first-order valence-corrected chi connectivity index (χ1v) is 8.21. The summed E-state index contributed by atoms with van der Waals surface area (Å²) in [7, 11) is 0. The van der Waals surface area contributed by atoms with Crippen molar-refractivity contribution in [1.29, 1.82) is 0 Å². The van der Waals surface area contributed by atoms with Gasteiger partial charge in [-0.05, 0) is 43.4 Å². The van der Waals surface area contributed by atoms with E-state index in [1.165, 1.54) is 25.7 Å². The lowest BCUT2D eigenvalue weighted by atomic mass is 9.75. The van der Waals surface area contributed by atoms with Crippen molar-refractivity contribution >= 4 is 22.6 Å². The molecule has 1 saturated carbocycles. The molecule has 0 aromatic rings. The number of alkyl halides is 1. The van der Waals surface area contributed by atoms with Gasteiger partial charge < -0.3 is 4.74 Å². The molecular formula is C14H27IO. The Morgan fingerprint density at radius 1 is 1.19 bits per heavy atom. The van der Waals surface area contributed by atoms with E-state index in [2.05, 4.69) is 50.3 Å². The Kier molecular flexibility index (Phi) is 6.06. The third kappa shape index (κ3) is 4.17. The first-order valence-electron chi connectivity index (χ1n) is 6.69. The topological polar surface area (TPSA) is 9.23 Å². The first kappa shape index (κ1) is 14.7. The van der Waals surface area contributed by atoms with Gasteiger partial charge in [-0.1, -0.05) is 50.3 Å². The van der Waals surface area contributed by atoms with Gasteiger partial charge in [0.2, 0.25) is 0 Å². The third-order valence-electron chi connectivity index (χ3n) is 3.85. The van der Waals surface area contributed by atoms with E-state index in [1.807, 2.05) is 0 Å². The average Bonchev–Trinajstić information content (AvgIpc) is 2.27. The normalized spacial score (nSPS) is 31.3. The summed E-state index contributed by atoms with van der Waals surface area (Å²) >= 11 is 2.51. The van der Waals surface area contributed by atoms with Crippen LogP contribution in [0.3, 0.4) is 0 Å². The Labute approximate surface area is 115 Å². The van der Waals surface area contributed by atoms with Crippen LogP contribution in [-0.4, -0.2) is 16.6 Å². The zero-order chi connectivity index (χ0) is 12.2. The van der Waals surface area contributed by atoms with Crippen LogP contribution in [0.5, 0.6) is 0 Å². The van der Waals surface area contributed by atoms with Crippen LogP contribution < -0.4 is 0 Å². The van der Waals surface area contributed by atoms with E-state index in [-0.39, 0.29) is 5.60 Å². The molecule has 0 atom stereocenters. The van der Waals surface area contributed by atoms with Crippen LogP contribution in [0.1, 0.15) is 53.4 Å². The van der Waals surface area contributed by atoms with Gasteiger partial charge in [-0.25, -0.2) is 0 Å². The number of ether oxygens (including phenoxy) is 1. The van der Waals surface area contributed by atoms with E-state index in [9.17, 15) is 0 Å². The molecule has 1 rings (SSSR count). The minimum Gasteiger partial charge on any atom is -0.374 e. The number of hydrogen-bond donors (Lipinski definition) is 0. The van der Waals surface area contributed by atoms with E-state index in [4.69, 9.17) is 4.74 Å². The summed E-state index contributed by atoms with van der Waals surface area (Å²) in [6.45, 7) is 10.1. The second kappa shape index (κ2) is 6.58. The van der Waals surface area contributed by atoms with Crippen molar-refractivity contribution in [2.75, 3.05) is 11.0 Å². The van der Waals surface area contributed by atoms with Gasteiger partial charge in [-0.15, -0.1) is 0 Å². The van der Waals surface area contributed by atoms with Crippen LogP contribution in [-0.2, 0) is 4.74 Å². The fourth-order valence-corrected chi connectivity index (χ4v) is 3.48. The van der Waals surface area contributed by atoms with Gasteiger partial charge in [0, 0.05) is 11.0 Å². The van der Waals surface area contributed by atoms with E-state index < -0.39 is 0 Å². The molecule has 0 amide bonds. The Balaban J connectivity index is 2.45. The van der Waals surface area contributed by atoms with Gasteiger partial charge in [0.15, 0.2) is 0 Å². The van der Waals surface area contributed by atoms with Gasteiger partial charge in [0.1, 0.15) is 0 Å². The lowest BCUT2D eigenvalue weighted by molar-refractivity contribution is -0.0717. The maximum Gasteiger partial charge on any atom is 0.0771 e. The maximum atomic E-state index is 6.20. The summed E-state index contributed by atoms with van der Waals surface area (Å²) in [4.78, 5) is 0. The largest absolute Gasteiger partial charge is 0.374 e. The molecule has 0 bridgehead atoms. The predicted octanol–water partition coefficient (Wildman–Crippen LogP) is 4.68. The van der Waals surface area contributed by atoms with E-state index in [0.29, 0.717) is 5.92 Å². The summed E-state index contributed by atoms with van der Waals surface area (Å²) < 4.78 is 7.36. The second-order valence-corrected chi connectivity index (χ2v) is 6.87. The van der Waals surface area contributed by atoms with Crippen LogP contribution in [0, 0.1) is 17.8 Å². The molecule has 0 radical (unpaired) electrons. The monoisotopic (exact) mass is 338 g/mol. The second-order valence-electron chi connectivity index (χ2n) is 6.10. The van der Waals surface area contributed by atoms with Crippen molar-refractivity contribution in [3.05, 3.63) is 0 Å². The zero-order valence-electron chi connectivity index (χ0n) is 11.3. The Bertz CT molecular complexity index is 193. The number of hydrogen-bond acceptors (Lipinski definition) is 1. The molecule has 1 fully saturated rings. The molecule has 0 aromatic carbocycles. The van der Waals surface area contributed by atoms with E-state index >= 15 is 0 Å². The molecule has 0 N–H and O–H groups in total. The van der Waals surface area contributed by atoms with Crippen molar-refractivity contribution in [1.82, 2.24) is 0 Å². The summed E-state index contributed by atoms with van der Waals surface area (Å²) in [6.07, 6.45) is 5.26. The van der Waals surface area contributed by atoms with Crippen LogP contribution >= 0.6 is 22.6 Å². The molecule has 0 aromatic heterocycles. The molecule has 16 heavy (non-hydrogen) atoms. The van der Waals surface area contributed by atoms with Crippen molar-refractivity contribution in [3.63, 3.8) is 0 Å². The maximum absolute atomic E-state index is 6.20. The number of rotatable bonds is 5. The minimum absolute atomic E-state index is 0.205. The molecule has 1 nitrogen and oxygen atoms in total. The standard InChI is InChI=1S/C14H27IO/c1-11(2)9-16-14(10-15)7-5-13(6-8-14)12(3)4/h11-13H,5-10H2,1-4H3. The molecule has 0 saturated heterocycles. The molecule has 0 spiro atoms. The summed E-state index contributed by atoms with van der Waals surface area (Å²) in [6, 6.07) is 0. The highest BCUT2D eigenvalue weighted by Gasteiger charge is 2.36. The highest BCUT2D eigenvalue weighted by Crippen LogP contribution is 2.39. The zero-order valence-corrected chi connectivity index (χ0v) is 13.4. The summed E-state index contributed by atoms with van der Waals surface area (Å²) in [5, 5.41) is 0. The molecule has 1 aliphatic carbocycles. The van der Waals surface area contributed by atoms with Gasteiger partial charge in [-0.2, -0.15) is 0 Å². The van der Waals surface area contributed by atoms with Gasteiger partial charge in [-0.3, -0.25) is 0 Å². The molecule has 0 aliphatic heterocycles. The van der Waals surface area contributed by atoms with Crippen molar-refractivity contribution in [2.24, 2.45) is 17.8 Å². The molecule has 96 valence electrons. The lowest BCUT2D eigenvalue weighted by Crippen LogP contribution is -2.40. The van der Waals surface area contributed by atoms with Gasteiger partial charge in [0.25, 0.3) is 0 Å². The highest BCUT2D eigenvalue weighted by molar-refractivity contribution is 14.1. The molecule has 2 heteroatoms. The van der Waals surface area contributed by atoms with Crippen molar-refractivity contribution in [3.8, 4) is 0 Å². The highest BCUT2D eigenvalue weighted by atomic mass is 127. The quantitative estimate of drug-likeness (QED) is 0.522. The van der Waals surface area contributed by atoms with Crippen LogP contribution in [0.2, 0.25) is 0 Å². The third-order valence-corrected chi connectivity index (χ3v) is 5.24. The fourth-order valence-electron chi connectivity index (χ4n) is 2.49. The van der Waals surface area contributed by atoms with Crippen molar-refractivity contribution in [2.45, 2.75) is 59.0 Å². The average molecular weight is 338 g/mol.